The Kier molecular flexibility index (Phi) is 4.19. The van der Waals surface area contributed by atoms with Crippen molar-refractivity contribution in [1.29, 1.82) is 0 Å². The van der Waals surface area contributed by atoms with Crippen LogP contribution in [-0.4, -0.2) is 37.3 Å². The first-order chi connectivity index (χ1) is 8.60. The van der Waals surface area contributed by atoms with Gasteiger partial charge in [-0.05, 0) is 45.5 Å². The fourth-order valence-electron chi connectivity index (χ4n) is 2.40. The number of rotatable bonds is 3. The largest absolute Gasteiger partial charge is 0.375 e. The summed E-state index contributed by atoms with van der Waals surface area (Å²) in [6.07, 6.45) is 0.274. The number of pyridine rings is 1. The number of hydrogen-bond donors (Lipinski definition) is 1. The van der Waals surface area contributed by atoms with Gasteiger partial charge in [0.25, 0.3) is 0 Å². The van der Waals surface area contributed by atoms with Crippen LogP contribution in [0.4, 0.5) is 5.82 Å². The number of aryl methyl sites for hydroxylation is 1. The van der Waals surface area contributed by atoms with Gasteiger partial charge >= 0.3 is 0 Å². The minimum Gasteiger partial charge on any atom is -0.375 e. The van der Waals surface area contributed by atoms with Crippen LogP contribution in [0.5, 0.6) is 0 Å². The van der Waals surface area contributed by atoms with Gasteiger partial charge in [-0.25, -0.2) is 4.98 Å². The molecule has 4 heteroatoms. The van der Waals surface area contributed by atoms with Crippen molar-refractivity contribution < 1.29 is 4.74 Å². The normalized spacial score (nSPS) is 24.3. The highest BCUT2D eigenvalue weighted by Crippen LogP contribution is 2.21. The SMILES string of the molecule is CNCc1cc(C)nc(N2CC(C)OCC2C)c1. The van der Waals surface area contributed by atoms with Gasteiger partial charge in [0, 0.05) is 18.8 Å². The van der Waals surface area contributed by atoms with Crippen LogP contribution in [-0.2, 0) is 11.3 Å². The monoisotopic (exact) mass is 249 g/mol. The van der Waals surface area contributed by atoms with Gasteiger partial charge in [-0.1, -0.05) is 0 Å². The highest BCUT2D eigenvalue weighted by Gasteiger charge is 2.24. The van der Waals surface area contributed by atoms with E-state index in [0.29, 0.717) is 6.04 Å². The van der Waals surface area contributed by atoms with E-state index in [4.69, 9.17) is 4.74 Å². The number of nitrogens with one attached hydrogen (secondary N) is 1. The van der Waals surface area contributed by atoms with Crippen LogP contribution in [0.2, 0.25) is 0 Å². The minimum absolute atomic E-state index is 0.274. The summed E-state index contributed by atoms with van der Waals surface area (Å²) in [5.41, 5.74) is 2.36. The number of morpholine rings is 1. The maximum atomic E-state index is 5.67. The Labute approximate surface area is 109 Å². The maximum Gasteiger partial charge on any atom is 0.129 e. The summed E-state index contributed by atoms with van der Waals surface area (Å²) in [5.74, 6) is 1.07. The smallest absolute Gasteiger partial charge is 0.129 e. The van der Waals surface area contributed by atoms with E-state index in [0.717, 1.165) is 31.2 Å². The summed E-state index contributed by atoms with van der Waals surface area (Å²) < 4.78 is 5.67. The molecule has 0 radical (unpaired) electrons. The second-order valence-electron chi connectivity index (χ2n) is 5.15. The lowest BCUT2D eigenvalue weighted by Gasteiger charge is -2.38. The van der Waals surface area contributed by atoms with E-state index in [2.05, 4.69) is 48.1 Å². The molecule has 2 rings (SSSR count). The van der Waals surface area contributed by atoms with Crippen molar-refractivity contribution >= 4 is 5.82 Å². The van der Waals surface area contributed by atoms with Crippen molar-refractivity contribution in [3.05, 3.63) is 23.4 Å². The molecule has 2 atom stereocenters. The van der Waals surface area contributed by atoms with Gasteiger partial charge in [-0.2, -0.15) is 0 Å². The lowest BCUT2D eigenvalue weighted by Crippen LogP contribution is -2.47. The molecule has 2 unspecified atom stereocenters. The fourth-order valence-corrected chi connectivity index (χ4v) is 2.40. The van der Waals surface area contributed by atoms with Gasteiger partial charge in [-0.3, -0.25) is 0 Å². The highest BCUT2D eigenvalue weighted by molar-refractivity contribution is 5.44. The number of anilines is 1. The second-order valence-corrected chi connectivity index (χ2v) is 5.15. The minimum atomic E-state index is 0.274. The van der Waals surface area contributed by atoms with E-state index in [1.165, 1.54) is 5.56 Å². The van der Waals surface area contributed by atoms with Crippen LogP contribution in [0.25, 0.3) is 0 Å². The van der Waals surface area contributed by atoms with Crippen LogP contribution in [0.3, 0.4) is 0 Å². The number of ether oxygens (including phenoxy) is 1. The van der Waals surface area contributed by atoms with Crippen LogP contribution in [0.15, 0.2) is 12.1 Å². The topological polar surface area (TPSA) is 37.4 Å². The first-order valence-electron chi connectivity index (χ1n) is 6.60. The zero-order valence-electron chi connectivity index (χ0n) is 11.7. The molecule has 0 aromatic carbocycles. The van der Waals surface area contributed by atoms with Crippen molar-refractivity contribution in [2.24, 2.45) is 0 Å². The molecule has 100 valence electrons. The molecule has 2 heterocycles. The quantitative estimate of drug-likeness (QED) is 0.885. The predicted octanol–water partition coefficient (Wildman–Crippen LogP) is 1.72. The van der Waals surface area contributed by atoms with Crippen molar-refractivity contribution in [2.45, 2.75) is 39.5 Å². The fraction of sp³-hybridized carbons (Fsp3) is 0.643. The summed E-state index contributed by atoms with van der Waals surface area (Å²) in [6, 6.07) is 4.70. The van der Waals surface area contributed by atoms with Crippen molar-refractivity contribution in [2.75, 3.05) is 25.1 Å². The van der Waals surface area contributed by atoms with Crippen LogP contribution in [0.1, 0.15) is 25.1 Å². The Morgan fingerprint density at radius 3 is 2.94 bits per heavy atom. The molecule has 4 nitrogen and oxygen atoms in total. The van der Waals surface area contributed by atoms with Crippen LogP contribution < -0.4 is 10.2 Å². The molecular weight excluding hydrogens is 226 g/mol. The molecule has 0 spiro atoms. The van der Waals surface area contributed by atoms with Crippen LogP contribution >= 0.6 is 0 Å². The van der Waals surface area contributed by atoms with Crippen molar-refractivity contribution in [3.8, 4) is 0 Å². The average molecular weight is 249 g/mol. The third-order valence-electron chi connectivity index (χ3n) is 3.28. The van der Waals surface area contributed by atoms with E-state index >= 15 is 0 Å². The molecule has 0 aliphatic carbocycles. The first-order valence-corrected chi connectivity index (χ1v) is 6.60. The molecule has 1 aliphatic rings. The average Bonchev–Trinajstić information content (AvgIpc) is 2.32. The summed E-state index contributed by atoms with van der Waals surface area (Å²) in [4.78, 5) is 7.01. The molecule has 0 saturated carbocycles. The lowest BCUT2D eigenvalue weighted by atomic mass is 10.1. The van der Waals surface area contributed by atoms with Gasteiger partial charge < -0.3 is 15.0 Å². The molecule has 1 fully saturated rings. The van der Waals surface area contributed by atoms with Gasteiger partial charge in [0.15, 0.2) is 0 Å². The van der Waals surface area contributed by atoms with Gasteiger partial charge in [0.1, 0.15) is 5.82 Å². The summed E-state index contributed by atoms with van der Waals surface area (Å²) in [6.45, 7) is 8.92. The third kappa shape index (κ3) is 3.00. The van der Waals surface area contributed by atoms with E-state index < -0.39 is 0 Å². The van der Waals surface area contributed by atoms with E-state index in [9.17, 15) is 0 Å². The number of aromatic nitrogens is 1. The standard InChI is InChI=1S/C14H23N3O/c1-10-5-13(7-15-4)6-14(16-10)17-8-12(3)18-9-11(17)2/h5-6,11-12,15H,7-9H2,1-4H3. The van der Waals surface area contributed by atoms with Gasteiger partial charge in [0.05, 0.1) is 18.8 Å². The van der Waals surface area contributed by atoms with Gasteiger partial charge in [-0.15, -0.1) is 0 Å². The molecule has 18 heavy (non-hydrogen) atoms. The maximum absolute atomic E-state index is 5.67. The Morgan fingerprint density at radius 1 is 1.44 bits per heavy atom. The summed E-state index contributed by atoms with van der Waals surface area (Å²) in [7, 11) is 1.97. The van der Waals surface area contributed by atoms with E-state index in [1.54, 1.807) is 0 Å². The summed E-state index contributed by atoms with van der Waals surface area (Å²) in [5, 5.41) is 3.19. The molecule has 1 aromatic rings. The molecule has 1 N–H and O–H groups in total. The van der Waals surface area contributed by atoms with E-state index in [1.807, 2.05) is 7.05 Å². The molecule has 1 saturated heterocycles. The van der Waals surface area contributed by atoms with Crippen molar-refractivity contribution in [1.82, 2.24) is 10.3 Å². The number of nitrogens with zero attached hydrogens (tertiary/aromatic N) is 2. The van der Waals surface area contributed by atoms with E-state index in [-0.39, 0.29) is 6.10 Å². The number of hydrogen-bond acceptors (Lipinski definition) is 4. The first kappa shape index (κ1) is 13.3. The van der Waals surface area contributed by atoms with Gasteiger partial charge in [0.2, 0.25) is 0 Å². The zero-order chi connectivity index (χ0) is 13.1. The molecule has 1 aromatic heterocycles. The van der Waals surface area contributed by atoms with Crippen LogP contribution in [0, 0.1) is 6.92 Å². The molecular formula is C14H23N3O. The predicted molar refractivity (Wildman–Crippen MR) is 74.0 cm³/mol. The lowest BCUT2D eigenvalue weighted by molar-refractivity contribution is 0.0340. The Balaban J connectivity index is 2.25. The zero-order valence-corrected chi connectivity index (χ0v) is 11.7. The third-order valence-corrected chi connectivity index (χ3v) is 3.28. The summed E-state index contributed by atoms with van der Waals surface area (Å²) >= 11 is 0. The molecule has 0 bridgehead atoms. The Hall–Kier alpha value is -1.13. The Morgan fingerprint density at radius 2 is 2.22 bits per heavy atom. The second kappa shape index (κ2) is 5.67. The highest BCUT2D eigenvalue weighted by atomic mass is 16.5. The van der Waals surface area contributed by atoms with Crippen molar-refractivity contribution in [3.63, 3.8) is 0 Å². The molecule has 0 amide bonds. The molecule has 1 aliphatic heterocycles. The Bertz CT molecular complexity index is 408.